The zero-order valence-electron chi connectivity index (χ0n) is 9.53. The molecule has 0 bridgehead atoms. The van der Waals surface area contributed by atoms with Gasteiger partial charge in [-0.15, -0.1) is 0 Å². The first-order valence-corrected chi connectivity index (χ1v) is 5.86. The number of fused-ring (bicyclic) bond motifs is 1. The van der Waals surface area contributed by atoms with Crippen LogP contribution in [0.2, 0.25) is 0 Å². The lowest BCUT2D eigenvalue weighted by molar-refractivity contribution is 0.156. The molecule has 86 valence electrons. The van der Waals surface area contributed by atoms with Gasteiger partial charge in [-0.3, -0.25) is 0 Å². The van der Waals surface area contributed by atoms with Gasteiger partial charge >= 0.3 is 0 Å². The third kappa shape index (κ3) is 1.47. The van der Waals surface area contributed by atoms with E-state index >= 15 is 0 Å². The van der Waals surface area contributed by atoms with E-state index in [9.17, 15) is 0 Å². The van der Waals surface area contributed by atoms with E-state index < -0.39 is 0 Å². The summed E-state index contributed by atoms with van der Waals surface area (Å²) >= 11 is 0. The quantitative estimate of drug-likeness (QED) is 0.786. The zero-order valence-corrected chi connectivity index (χ0v) is 9.53. The molecular weight excluding hydrogens is 202 g/mol. The van der Waals surface area contributed by atoms with Gasteiger partial charge in [-0.25, -0.2) is 0 Å². The van der Waals surface area contributed by atoms with E-state index in [2.05, 4.69) is 13.0 Å². The van der Waals surface area contributed by atoms with Crippen LogP contribution in [0.15, 0.2) is 18.2 Å². The fourth-order valence-corrected chi connectivity index (χ4v) is 2.77. The Balaban J connectivity index is 1.91. The highest BCUT2D eigenvalue weighted by atomic mass is 16.6. The van der Waals surface area contributed by atoms with Crippen LogP contribution in [0.5, 0.6) is 11.5 Å². The predicted octanol–water partition coefficient (Wildman–Crippen LogP) is 2.04. The van der Waals surface area contributed by atoms with Gasteiger partial charge in [0.25, 0.3) is 0 Å². The summed E-state index contributed by atoms with van der Waals surface area (Å²) in [5.41, 5.74) is 7.38. The van der Waals surface area contributed by atoms with Crippen LogP contribution in [0.25, 0.3) is 0 Å². The van der Waals surface area contributed by atoms with Gasteiger partial charge in [0, 0.05) is 5.54 Å². The van der Waals surface area contributed by atoms with Crippen LogP contribution < -0.4 is 15.2 Å². The molecule has 0 unspecified atom stereocenters. The lowest BCUT2D eigenvalue weighted by atomic mass is 9.66. The summed E-state index contributed by atoms with van der Waals surface area (Å²) in [4.78, 5) is 0. The van der Waals surface area contributed by atoms with Crippen LogP contribution in [0.1, 0.15) is 25.3 Å². The van der Waals surface area contributed by atoms with Crippen molar-refractivity contribution < 1.29 is 9.47 Å². The minimum Gasteiger partial charge on any atom is -0.486 e. The summed E-state index contributed by atoms with van der Waals surface area (Å²) in [5.74, 6) is 2.41. The molecule has 1 aromatic carbocycles. The van der Waals surface area contributed by atoms with Crippen LogP contribution in [0, 0.1) is 5.92 Å². The smallest absolute Gasteiger partial charge is 0.161 e. The second kappa shape index (κ2) is 3.39. The van der Waals surface area contributed by atoms with Gasteiger partial charge in [0.05, 0.1) is 0 Å². The molecule has 1 saturated carbocycles. The molecule has 1 aliphatic carbocycles. The van der Waals surface area contributed by atoms with Crippen LogP contribution in [-0.4, -0.2) is 13.2 Å². The molecule has 1 aliphatic heterocycles. The molecule has 0 saturated heterocycles. The number of rotatable bonds is 1. The first kappa shape index (κ1) is 9.97. The van der Waals surface area contributed by atoms with Gasteiger partial charge in [-0.05, 0) is 36.5 Å². The summed E-state index contributed by atoms with van der Waals surface area (Å²) in [7, 11) is 0. The third-order valence-corrected chi connectivity index (χ3v) is 3.54. The molecule has 16 heavy (non-hydrogen) atoms. The molecule has 1 fully saturated rings. The van der Waals surface area contributed by atoms with Crippen molar-refractivity contribution in [2.24, 2.45) is 11.7 Å². The Bertz CT molecular complexity index is 410. The molecular formula is C13H17NO2. The summed E-state index contributed by atoms with van der Waals surface area (Å²) in [6.45, 7) is 3.50. The molecule has 0 atom stereocenters. The van der Waals surface area contributed by atoms with Gasteiger partial charge in [0.2, 0.25) is 0 Å². The van der Waals surface area contributed by atoms with E-state index in [1.165, 1.54) is 5.56 Å². The maximum absolute atomic E-state index is 6.35. The minimum atomic E-state index is -0.144. The van der Waals surface area contributed by atoms with Crippen molar-refractivity contribution in [3.05, 3.63) is 23.8 Å². The Morgan fingerprint density at radius 3 is 2.56 bits per heavy atom. The molecule has 1 aromatic rings. The van der Waals surface area contributed by atoms with Crippen LogP contribution >= 0.6 is 0 Å². The van der Waals surface area contributed by atoms with E-state index in [1.54, 1.807) is 0 Å². The number of nitrogens with two attached hydrogens (primary N) is 1. The highest BCUT2D eigenvalue weighted by molar-refractivity contribution is 5.46. The van der Waals surface area contributed by atoms with Crippen LogP contribution in [0.3, 0.4) is 0 Å². The van der Waals surface area contributed by atoms with Gasteiger partial charge in [-0.1, -0.05) is 13.0 Å². The van der Waals surface area contributed by atoms with Gasteiger partial charge < -0.3 is 15.2 Å². The Hall–Kier alpha value is -1.22. The van der Waals surface area contributed by atoms with Crippen LogP contribution in [-0.2, 0) is 5.54 Å². The average molecular weight is 219 g/mol. The Kier molecular flexibility index (Phi) is 2.11. The van der Waals surface area contributed by atoms with Crippen molar-refractivity contribution in [1.29, 1.82) is 0 Å². The number of benzene rings is 1. The predicted molar refractivity (Wildman–Crippen MR) is 61.7 cm³/mol. The molecule has 0 aromatic heterocycles. The largest absolute Gasteiger partial charge is 0.486 e. The van der Waals surface area contributed by atoms with Crippen molar-refractivity contribution >= 4 is 0 Å². The van der Waals surface area contributed by atoms with Crippen molar-refractivity contribution in [2.75, 3.05) is 13.2 Å². The third-order valence-electron chi connectivity index (χ3n) is 3.54. The number of ether oxygens (including phenoxy) is 2. The lowest BCUT2D eigenvalue weighted by Gasteiger charge is -2.44. The average Bonchev–Trinajstić information content (AvgIpc) is 2.26. The van der Waals surface area contributed by atoms with E-state index in [1.807, 2.05) is 12.1 Å². The Labute approximate surface area is 95.5 Å². The molecule has 3 heteroatoms. The minimum absolute atomic E-state index is 0.144. The Morgan fingerprint density at radius 2 is 1.88 bits per heavy atom. The fraction of sp³-hybridized carbons (Fsp3) is 0.538. The van der Waals surface area contributed by atoms with E-state index in [4.69, 9.17) is 15.2 Å². The monoisotopic (exact) mass is 219 g/mol. The van der Waals surface area contributed by atoms with Gasteiger partial charge in [0.15, 0.2) is 11.5 Å². The standard InChI is InChI=1S/C13H17NO2/c1-9-7-13(14,8-9)10-2-3-11-12(6-10)16-5-4-15-11/h2-3,6,9H,4-5,7-8,14H2,1H3. The van der Waals surface area contributed by atoms with Crippen molar-refractivity contribution in [2.45, 2.75) is 25.3 Å². The summed E-state index contributed by atoms with van der Waals surface area (Å²) in [6, 6.07) is 6.08. The topological polar surface area (TPSA) is 44.5 Å². The molecule has 2 N–H and O–H groups in total. The van der Waals surface area contributed by atoms with E-state index in [0.717, 1.165) is 30.3 Å². The first-order valence-electron chi connectivity index (χ1n) is 5.86. The van der Waals surface area contributed by atoms with Gasteiger partial charge in [0.1, 0.15) is 13.2 Å². The second-order valence-corrected chi connectivity index (χ2v) is 5.03. The highest BCUT2D eigenvalue weighted by Crippen LogP contribution is 2.45. The SMILES string of the molecule is CC1CC(N)(c2ccc3c(c2)OCCO3)C1. The van der Waals surface area contributed by atoms with E-state index in [-0.39, 0.29) is 5.54 Å². The second-order valence-electron chi connectivity index (χ2n) is 5.03. The van der Waals surface area contributed by atoms with Crippen molar-refractivity contribution in [1.82, 2.24) is 0 Å². The Morgan fingerprint density at radius 1 is 1.19 bits per heavy atom. The lowest BCUT2D eigenvalue weighted by Crippen LogP contribution is -2.48. The maximum atomic E-state index is 6.35. The molecule has 0 radical (unpaired) electrons. The number of hydrogen-bond donors (Lipinski definition) is 1. The maximum Gasteiger partial charge on any atom is 0.161 e. The zero-order chi connectivity index (χ0) is 11.2. The number of hydrogen-bond acceptors (Lipinski definition) is 3. The van der Waals surface area contributed by atoms with Gasteiger partial charge in [-0.2, -0.15) is 0 Å². The molecule has 0 amide bonds. The molecule has 3 nitrogen and oxygen atoms in total. The fourth-order valence-electron chi connectivity index (χ4n) is 2.77. The van der Waals surface area contributed by atoms with Crippen molar-refractivity contribution in [3.63, 3.8) is 0 Å². The highest BCUT2D eigenvalue weighted by Gasteiger charge is 2.40. The summed E-state index contributed by atoms with van der Waals surface area (Å²) < 4.78 is 11.1. The molecule has 3 rings (SSSR count). The molecule has 0 spiro atoms. The normalized spacial score (nSPS) is 32.0. The van der Waals surface area contributed by atoms with E-state index in [0.29, 0.717) is 13.2 Å². The molecule has 1 heterocycles. The first-order chi connectivity index (χ1) is 7.67. The van der Waals surface area contributed by atoms with Crippen LogP contribution in [0.4, 0.5) is 0 Å². The van der Waals surface area contributed by atoms with Crippen molar-refractivity contribution in [3.8, 4) is 11.5 Å². The summed E-state index contributed by atoms with van der Waals surface area (Å²) in [6.07, 6.45) is 2.12. The molecule has 2 aliphatic rings. The summed E-state index contributed by atoms with van der Waals surface area (Å²) in [5, 5.41) is 0.